The Labute approximate surface area is 204 Å². The van der Waals surface area contributed by atoms with Gasteiger partial charge in [0.15, 0.2) is 11.0 Å². The van der Waals surface area contributed by atoms with Gasteiger partial charge < -0.3 is 4.74 Å². The minimum atomic E-state index is -4.55. The standard InChI is InChI=1S/C23H21Cl2F3N4O2/c1-13-6-7-15(14(2)8-13)9-17(12-24)29-21(32-33)19-11-20(25)30-31-22(19)34-18-5-3-4-16(10-18)23(26,27)28/h3-8,10-11,17,33H,9,12H2,1-2H3,(H,29,32). The molecule has 0 aliphatic carbocycles. The van der Waals surface area contributed by atoms with Gasteiger partial charge in [0.2, 0.25) is 5.88 Å². The topological polar surface area (TPSA) is 79.6 Å². The lowest BCUT2D eigenvalue weighted by atomic mass is 10.00. The van der Waals surface area contributed by atoms with E-state index in [9.17, 15) is 18.4 Å². The van der Waals surface area contributed by atoms with E-state index >= 15 is 0 Å². The number of nitrogens with one attached hydrogen (secondary N) is 1. The van der Waals surface area contributed by atoms with E-state index in [1.165, 1.54) is 18.2 Å². The van der Waals surface area contributed by atoms with E-state index in [0.717, 1.165) is 28.8 Å². The zero-order valence-electron chi connectivity index (χ0n) is 18.2. The fourth-order valence-electron chi connectivity index (χ4n) is 3.25. The highest BCUT2D eigenvalue weighted by Crippen LogP contribution is 2.33. The summed E-state index contributed by atoms with van der Waals surface area (Å²) in [6.45, 7) is 3.98. The normalized spacial score (nSPS) is 13.0. The predicted molar refractivity (Wildman–Crippen MR) is 124 cm³/mol. The van der Waals surface area contributed by atoms with Crippen molar-refractivity contribution in [2.75, 3.05) is 5.88 Å². The molecule has 1 atom stereocenters. The number of rotatable bonds is 7. The Morgan fingerprint density at radius 3 is 2.56 bits per heavy atom. The summed E-state index contributed by atoms with van der Waals surface area (Å²) in [6.07, 6.45) is -4.06. The third-order valence-corrected chi connectivity index (χ3v) is 5.45. The van der Waals surface area contributed by atoms with Gasteiger partial charge in [0.25, 0.3) is 0 Å². The van der Waals surface area contributed by atoms with Crippen molar-refractivity contribution in [3.05, 3.63) is 81.5 Å². The lowest BCUT2D eigenvalue weighted by Crippen LogP contribution is -2.26. The van der Waals surface area contributed by atoms with Gasteiger partial charge in [-0.25, -0.2) is 0 Å². The Morgan fingerprint density at radius 2 is 1.91 bits per heavy atom. The molecule has 1 unspecified atom stereocenters. The quantitative estimate of drug-likeness (QED) is 0.172. The summed E-state index contributed by atoms with van der Waals surface area (Å²) in [4.78, 5) is 4.48. The number of hydrogen-bond donors (Lipinski definition) is 2. The Bertz CT molecular complexity index is 1190. The zero-order valence-corrected chi connectivity index (χ0v) is 19.7. The highest BCUT2D eigenvalue weighted by molar-refractivity contribution is 6.29. The largest absolute Gasteiger partial charge is 0.437 e. The molecule has 34 heavy (non-hydrogen) atoms. The van der Waals surface area contributed by atoms with Crippen molar-refractivity contribution in [2.24, 2.45) is 4.99 Å². The van der Waals surface area contributed by atoms with Crippen LogP contribution in [0.4, 0.5) is 13.2 Å². The number of aliphatic imine (C=N–C) groups is 1. The smallest absolute Gasteiger partial charge is 0.416 e. The monoisotopic (exact) mass is 512 g/mol. The van der Waals surface area contributed by atoms with Crippen LogP contribution in [0.5, 0.6) is 11.6 Å². The summed E-state index contributed by atoms with van der Waals surface area (Å²) in [5.41, 5.74) is 4.42. The number of nitrogens with zero attached hydrogens (tertiary/aromatic N) is 3. The van der Waals surface area contributed by atoms with Gasteiger partial charge in [-0.15, -0.1) is 21.8 Å². The molecule has 0 aliphatic rings. The Hall–Kier alpha value is -2.88. The fraction of sp³-hybridized carbons (Fsp3) is 0.261. The Morgan fingerprint density at radius 1 is 1.15 bits per heavy atom. The number of benzene rings is 2. The number of alkyl halides is 4. The molecule has 1 aromatic heterocycles. The van der Waals surface area contributed by atoms with Crippen LogP contribution in [-0.4, -0.2) is 33.2 Å². The first-order valence-electron chi connectivity index (χ1n) is 10.1. The van der Waals surface area contributed by atoms with E-state index in [1.807, 2.05) is 37.5 Å². The molecule has 0 aliphatic heterocycles. The molecule has 3 aromatic rings. The zero-order chi connectivity index (χ0) is 24.9. The van der Waals surface area contributed by atoms with Crippen LogP contribution in [0.2, 0.25) is 5.15 Å². The van der Waals surface area contributed by atoms with Crippen LogP contribution < -0.4 is 10.2 Å². The average molecular weight is 513 g/mol. The minimum Gasteiger partial charge on any atom is -0.437 e. The highest BCUT2D eigenvalue weighted by Gasteiger charge is 2.31. The van der Waals surface area contributed by atoms with Crippen molar-refractivity contribution < 1.29 is 23.1 Å². The second-order valence-electron chi connectivity index (χ2n) is 7.55. The summed E-state index contributed by atoms with van der Waals surface area (Å²) >= 11 is 12.1. The number of amidine groups is 1. The highest BCUT2D eigenvalue weighted by atomic mass is 35.5. The van der Waals surface area contributed by atoms with Crippen molar-refractivity contribution in [3.8, 4) is 11.6 Å². The predicted octanol–water partition coefficient (Wildman–Crippen LogP) is 6.13. The lowest BCUT2D eigenvalue weighted by Gasteiger charge is -2.16. The maximum absolute atomic E-state index is 13.1. The molecule has 0 radical (unpaired) electrons. The lowest BCUT2D eigenvalue weighted by molar-refractivity contribution is -0.137. The molecule has 0 fully saturated rings. The summed E-state index contributed by atoms with van der Waals surface area (Å²) in [6, 6.07) is 11.2. The van der Waals surface area contributed by atoms with Crippen molar-refractivity contribution in [1.29, 1.82) is 0 Å². The summed E-state index contributed by atoms with van der Waals surface area (Å²) in [5, 5.41) is 17.3. The van der Waals surface area contributed by atoms with E-state index < -0.39 is 17.8 Å². The molecule has 0 amide bonds. The van der Waals surface area contributed by atoms with Gasteiger partial charge in [-0.1, -0.05) is 41.4 Å². The number of aromatic nitrogens is 2. The molecule has 2 N–H and O–H groups in total. The van der Waals surface area contributed by atoms with Crippen LogP contribution in [0.15, 0.2) is 53.5 Å². The first-order valence-corrected chi connectivity index (χ1v) is 11.0. The van der Waals surface area contributed by atoms with Crippen LogP contribution in [0.25, 0.3) is 0 Å². The van der Waals surface area contributed by atoms with Crippen molar-refractivity contribution >= 4 is 29.0 Å². The fourth-order valence-corrected chi connectivity index (χ4v) is 3.58. The second kappa shape index (κ2) is 11.0. The maximum Gasteiger partial charge on any atom is 0.416 e. The van der Waals surface area contributed by atoms with Crippen molar-refractivity contribution in [1.82, 2.24) is 15.7 Å². The molecule has 180 valence electrons. The van der Waals surface area contributed by atoms with Gasteiger partial charge in [-0.2, -0.15) is 13.2 Å². The number of ether oxygens (including phenoxy) is 1. The molecular formula is C23H21Cl2F3N4O2. The number of hydroxylamine groups is 1. The molecule has 0 spiro atoms. The molecule has 1 heterocycles. The summed E-state index contributed by atoms with van der Waals surface area (Å²) < 4.78 is 44.7. The summed E-state index contributed by atoms with van der Waals surface area (Å²) in [7, 11) is 0. The molecule has 2 aromatic carbocycles. The van der Waals surface area contributed by atoms with Crippen molar-refractivity contribution in [3.63, 3.8) is 0 Å². The van der Waals surface area contributed by atoms with E-state index in [-0.39, 0.29) is 34.1 Å². The van der Waals surface area contributed by atoms with Gasteiger partial charge in [0.05, 0.1) is 17.2 Å². The molecule has 0 bridgehead atoms. The van der Waals surface area contributed by atoms with E-state index in [2.05, 4.69) is 15.2 Å². The number of aryl methyl sites for hydroxylation is 2. The van der Waals surface area contributed by atoms with Crippen LogP contribution in [0, 0.1) is 13.8 Å². The van der Waals surface area contributed by atoms with Gasteiger partial charge >= 0.3 is 6.18 Å². The van der Waals surface area contributed by atoms with Crippen LogP contribution in [0.1, 0.15) is 27.8 Å². The van der Waals surface area contributed by atoms with Crippen LogP contribution in [0.3, 0.4) is 0 Å². The molecule has 6 nitrogen and oxygen atoms in total. The molecule has 0 saturated heterocycles. The molecule has 0 saturated carbocycles. The first-order chi connectivity index (χ1) is 16.1. The van der Waals surface area contributed by atoms with E-state index in [4.69, 9.17) is 27.9 Å². The molecule has 11 heteroatoms. The van der Waals surface area contributed by atoms with Crippen LogP contribution >= 0.6 is 23.2 Å². The van der Waals surface area contributed by atoms with Gasteiger partial charge in [-0.3, -0.25) is 15.7 Å². The minimum absolute atomic E-state index is 0.0360. The third-order valence-electron chi connectivity index (χ3n) is 4.91. The second-order valence-corrected chi connectivity index (χ2v) is 8.24. The maximum atomic E-state index is 13.1. The number of hydrogen-bond acceptors (Lipinski definition) is 5. The van der Waals surface area contributed by atoms with Gasteiger partial charge in [0, 0.05) is 5.88 Å². The Kier molecular flexibility index (Phi) is 8.35. The number of halogens is 5. The summed E-state index contributed by atoms with van der Waals surface area (Å²) in [5.74, 6) is -0.276. The molecular weight excluding hydrogens is 492 g/mol. The average Bonchev–Trinajstić information content (AvgIpc) is 2.79. The van der Waals surface area contributed by atoms with Crippen LogP contribution in [-0.2, 0) is 12.6 Å². The first kappa shape index (κ1) is 25.7. The Balaban J connectivity index is 1.95. The van der Waals surface area contributed by atoms with E-state index in [0.29, 0.717) is 6.42 Å². The van der Waals surface area contributed by atoms with Crippen molar-refractivity contribution in [2.45, 2.75) is 32.5 Å². The van der Waals surface area contributed by atoms with Gasteiger partial charge in [-0.05, 0) is 55.7 Å². The van der Waals surface area contributed by atoms with E-state index in [1.54, 1.807) is 0 Å². The van der Waals surface area contributed by atoms with Gasteiger partial charge in [0.1, 0.15) is 5.75 Å². The molecule has 3 rings (SSSR count). The SMILES string of the molecule is Cc1ccc(CC(CCl)N=C(NO)c2cc(Cl)nnc2Oc2cccc(C(F)(F)F)c2)c(C)c1. The third kappa shape index (κ3) is 6.59.